The molecular formula is C33H56N3O6P. The van der Waals surface area contributed by atoms with Gasteiger partial charge in [0.2, 0.25) is 0 Å². The number of anilines is 2. The molecule has 0 fully saturated rings. The van der Waals surface area contributed by atoms with Gasteiger partial charge in [-0.3, -0.25) is 9.13 Å². The summed E-state index contributed by atoms with van der Waals surface area (Å²) in [5.41, 5.74) is 0.468. The van der Waals surface area contributed by atoms with Crippen LogP contribution in [0, 0.1) is 0 Å². The van der Waals surface area contributed by atoms with Gasteiger partial charge in [0.1, 0.15) is 12.2 Å². The normalized spacial score (nSPS) is 11.7. The lowest BCUT2D eigenvalue weighted by atomic mass is 10.0. The molecule has 0 spiro atoms. The summed E-state index contributed by atoms with van der Waals surface area (Å²) >= 11 is 0. The van der Waals surface area contributed by atoms with Crippen LogP contribution in [0.1, 0.15) is 110 Å². The number of benzene rings is 1. The number of hydrogen-bond acceptors (Lipinski definition) is 6. The van der Waals surface area contributed by atoms with Crippen molar-refractivity contribution in [3.63, 3.8) is 0 Å². The van der Waals surface area contributed by atoms with E-state index >= 15 is 0 Å². The van der Waals surface area contributed by atoms with Crippen molar-refractivity contribution in [2.24, 2.45) is 0 Å². The van der Waals surface area contributed by atoms with E-state index in [1.54, 1.807) is 12.3 Å². The van der Waals surface area contributed by atoms with Gasteiger partial charge in [-0.15, -0.1) is 0 Å². The molecule has 1 aromatic heterocycles. The summed E-state index contributed by atoms with van der Waals surface area (Å²) in [7, 11) is -4.23. The summed E-state index contributed by atoms with van der Waals surface area (Å²) in [5, 5.41) is 0. The lowest BCUT2D eigenvalue weighted by Crippen LogP contribution is -2.29. The summed E-state index contributed by atoms with van der Waals surface area (Å²) in [6.45, 7) is 4.24. The number of ether oxygens (including phenoxy) is 2. The predicted octanol–water partition coefficient (Wildman–Crippen LogP) is 7.81. The number of nitrogens with zero attached hydrogens (tertiary/aromatic N) is 3. The van der Waals surface area contributed by atoms with E-state index in [2.05, 4.69) is 11.9 Å². The van der Waals surface area contributed by atoms with Crippen molar-refractivity contribution in [3.05, 3.63) is 53.1 Å². The van der Waals surface area contributed by atoms with Gasteiger partial charge in [-0.25, -0.2) is 4.79 Å². The number of aromatic nitrogens is 2. The van der Waals surface area contributed by atoms with Gasteiger partial charge in [0.15, 0.2) is 0 Å². The minimum Gasteiger partial charge on any atom is -0.380 e. The van der Waals surface area contributed by atoms with Gasteiger partial charge in [-0.2, -0.15) is 4.98 Å². The summed E-state index contributed by atoms with van der Waals surface area (Å²) in [6.07, 6.45) is 22.5. The van der Waals surface area contributed by atoms with Crippen LogP contribution in [0.2, 0.25) is 0 Å². The molecule has 0 saturated heterocycles. The lowest BCUT2D eigenvalue weighted by molar-refractivity contribution is 0.137. The molecule has 0 radical (unpaired) electrons. The molecule has 9 nitrogen and oxygen atoms in total. The Morgan fingerprint density at radius 1 is 0.744 bits per heavy atom. The maximum Gasteiger partial charge on any atom is 0.350 e. The Kier molecular flexibility index (Phi) is 20.2. The van der Waals surface area contributed by atoms with Crippen molar-refractivity contribution in [2.75, 3.05) is 37.6 Å². The van der Waals surface area contributed by atoms with Crippen LogP contribution in [0.4, 0.5) is 11.5 Å². The standard InChI is InChI=1S/C33H56N3O6P/c1-2-3-4-5-6-7-8-9-10-11-12-13-14-15-16-20-27-41-29-26-36(31-21-18-17-19-22-31)32-23-24-35(33(37)34-32)25-28-42-30-43(38,39)40/h17-19,21-24H,2-16,20,25-30H2,1H3,(H2,38,39,40). The Labute approximate surface area is 259 Å². The molecule has 0 amide bonds. The van der Waals surface area contributed by atoms with Crippen molar-refractivity contribution in [1.82, 2.24) is 9.55 Å². The van der Waals surface area contributed by atoms with E-state index in [0.717, 1.165) is 18.7 Å². The molecule has 0 saturated carbocycles. The van der Waals surface area contributed by atoms with Gasteiger partial charge in [0, 0.05) is 25.0 Å². The van der Waals surface area contributed by atoms with E-state index in [9.17, 15) is 9.36 Å². The Bertz CT molecular complexity index is 1060. The summed E-state index contributed by atoms with van der Waals surface area (Å²) in [6, 6.07) is 11.5. The first-order valence-corrected chi connectivity index (χ1v) is 18.3. The lowest BCUT2D eigenvalue weighted by Gasteiger charge is -2.24. The van der Waals surface area contributed by atoms with Crippen LogP contribution in [0.25, 0.3) is 0 Å². The summed E-state index contributed by atoms with van der Waals surface area (Å²) in [4.78, 5) is 36.6. The van der Waals surface area contributed by atoms with Crippen molar-refractivity contribution < 1.29 is 23.8 Å². The van der Waals surface area contributed by atoms with Crippen LogP contribution < -0.4 is 10.6 Å². The number of hydrogen-bond donors (Lipinski definition) is 2. The highest BCUT2D eigenvalue weighted by molar-refractivity contribution is 7.51. The second-order valence-electron chi connectivity index (χ2n) is 11.4. The summed E-state index contributed by atoms with van der Waals surface area (Å²) < 4.78 is 23.2. The Hall–Kier alpha value is -2.03. The molecule has 2 rings (SSSR count). The highest BCUT2D eigenvalue weighted by atomic mass is 31.2. The molecular weight excluding hydrogens is 565 g/mol. The average molecular weight is 622 g/mol. The Morgan fingerprint density at radius 2 is 1.30 bits per heavy atom. The molecule has 0 atom stereocenters. The third-order valence-corrected chi connectivity index (χ3v) is 8.06. The topological polar surface area (TPSA) is 114 Å². The second kappa shape index (κ2) is 23.4. The minimum atomic E-state index is -4.23. The highest BCUT2D eigenvalue weighted by Gasteiger charge is 2.14. The van der Waals surface area contributed by atoms with Gasteiger partial charge in [-0.1, -0.05) is 121 Å². The zero-order valence-corrected chi connectivity index (χ0v) is 27.3. The molecule has 0 aliphatic heterocycles. The van der Waals surface area contributed by atoms with Crippen LogP contribution >= 0.6 is 7.60 Å². The van der Waals surface area contributed by atoms with Crippen molar-refractivity contribution in [1.29, 1.82) is 0 Å². The third kappa shape index (κ3) is 18.4. The fraction of sp³-hybridized carbons (Fsp3) is 0.697. The fourth-order valence-corrected chi connectivity index (χ4v) is 5.45. The van der Waals surface area contributed by atoms with Gasteiger partial charge in [-0.05, 0) is 24.6 Å². The van der Waals surface area contributed by atoms with E-state index in [1.807, 2.05) is 35.2 Å². The molecule has 0 unspecified atom stereocenters. The number of rotatable bonds is 27. The minimum absolute atomic E-state index is 0.00163. The maximum atomic E-state index is 12.6. The molecule has 2 N–H and O–H groups in total. The molecule has 43 heavy (non-hydrogen) atoms. The van der Waals surface area contributed by atoms with Gasteiger partial charge < -0.3 is 24.2 Å². The van der Waals surface area contributed by atoms with Gasteiger partial charge >= 0.3 is 13.3 Å². The fourth-order valence-electron chi connectivity index (χ4n) is 5.08. The van der Waals surface area contributed by atoms with Crippen LogP contribution in [0.3, 0.4) is 0 Å². The van der Waals surface area contributed by atoms with E-state index in [1.165, 1.54) is 101 Å². The smallest absolute Gasteiger partial charge is 0.350 e. The molecule has 2 aromatic rings. The molecule has 1 heterocycles. The highest BCUT2D eigenvalue weighted by Crippen LogP contribution is 2.33. The van der Waals surface area contributed by atoms with Crippen LogP contribution in [-0.2, 0) is 20.6 Å². The van der Waals surface area contributed by atoms with Crippen LogP contribution in [-0.4, -0.2) is 52.1 Å². The monoisotopic (exact) mass is 621 g/mol. The zero-order valence-electron chi connectivity index (χ0n) is 26.4. The summed E-state index contributed by atoms with van der Waals surface area (Å²) in [5.74, 6) is 0.523. The average Bonchev–Trinajstić information content (AvgIpc) is 2.99. The van der Waals surface area contributed by atoms with E-state index < -0.39 is 19.6 Å². The molecule has 10 heteroatoms. The maximum absolute atomic E-state index is 12.6. The van der Waals surface area contributed by atoms with Gasteiger partial charge in [0.25, 0.3) is 0 Å². The molecule has 244 valence electrons. The molecule has 0 bridgehead atoms. The first kappa shape index (κ1) is 37.2. The van der Waals surface area contributed by atoms with Crippen LogP contribution in [0.5, 0.6) is 0 Å². The quantitative estimate of drug-likeness (QED) is 0.0767. The zero-order chi connectivity index (χ0) is 31.0. The molecule has 1 aromatic carbocycles. The third-order valence-electron chi connectivity index (χ3n) is 7.54. The number of unbranched alkanes of at least 4 members (excludes halogenated alkanes) is 15. The van der Waals surface area contributed by atoms with Gasteiger partial charge in [0.05, 0.1) is 19.8 Å². The van der Waals surface area contributed by atoms with Crippen LogP contribution in [0.15, 0.2) is 47.4 Å². The Morgan fingerprint density at radius 3 is 1.84 bits per heavy atom. The van der Waals surface area contributed by atoms with Crippen molar-refractivity contribution >= 4 is 19.1 Å². The molecule has 0 aliphatic carbocycles. The predicted molar refractivity (Wildman–Crippen MR) is 175 cm³/mol. The van der Waals surface area contributed by atoms with Crippen molar-refractivity contribution in [3.8, 4) is 0 Å². The van der Waals surface area contributed by atoms with E-state index in [0.29, 0.717) is 19.0 Å². The number of para-hydroxylation sites is 1. The SMILES string of the molecule is CCCCCCCCCCCCCCCCCCOCCN(c1ccccc1)c1ccn(CCOCP(=O)(O)O)c(=O)n1. The van der Waals surface area contributed by atoms with E-state index in [4.69, 9.17) is 19.3 Å². The Balaban J connectivity index is 1.58. The molecule has 0 aliphatic rings. The first-order chi connectivity index (χ1) is 20.9. The second-order valence-corrected chi connectivity index (χ2v) is 13.0. The van der Waals surface area contributed by atoms with E-state index in [-0.39, 0.29) is 13.2 Å². The largest absolute Gasteiger partial charge is 0.380 e. The van der Waals surface area contributed by atoms with Crippen molar-refractivity contribution in [2.45, 2.75) is 116 Å². The first-order valence-electron chi connectivity index (χ1n) is 16.5.